The van der Waals surface area contributed by atoms with Crippen LogP contribution < -0.4 is 20.3 Å². The Labute approximate surface area is 352 Å². The second-order valence-corrected chi connectivity index (χ2v) is 15.2. The Kier molecular flexibility index (Phi) is 10.9. The number of cyclic esters (lactones) is 1. The van der Waals surface area contributed by atoms with Gasteiger partial charge in [-0.05, 0) is 91.7 Å². The number of rotatable bonds is 12. The molecule has 1 amide bonds. The number of hydrogen-bond acceptors (Lipinski definition) is 12. The predicted molar refractivity (Wildman–Crippen MR) is 221 cm³/mol. The first-order chi connectivity index (χ1) is 29.3. The number of ether oxygens (including phenoxy) is 4. The summed E-state index contributed by atoms with van der Waals surface area (Å²) in [6.07, 6.45) is -0.527. The van der Waals surface area contributed by atoms with E-state index in [2.05, 4.69) is 5.32 Å². The fourth-order valence-electron chi connectivity index (χ4n) is 7.86. The Bertz CT molecular complexity index is 2880. The molecule has 0 radical (unpaired) electrons. The average molecular weight is 847 g/mol. The van der Waals surface area contributed by atoms with Crippen LogP contribution in [0.1, 0.15) is 64.5 Å². The van der Waals surface area contributed by atoms with Crippen LogP contribution in [-0.2, 0) is 53.8 Å². The van der Waals surface area contributed by atoms with Gasteiger partial charge < -0.3 is 33.9 Å². The molecule has 5 heterocycles. The van der Waals surface area contributed by atoms with E-state index in [-0.39, 0.29) is 86.2 Å². The first-order valence-electron chi connectivity index (χ1n) is 19.5. The van der Waals surface area contributed by atoms with E-state index in [1.165, 1.54) is 11.7 Å². The quantitative estimate of drug-likeness (QED) is 0.0920. The fraction of sp³-hybridized carbons (Fsp3) is 0.267. The molecule has 2 N–H and O–H groups in total. The van der Waals surface area contributed by atoms with Gasteiger partial charge in [0.05, 0.1) is 67.4 Å². The number of nitrogens with one attached hydrogen (secondary N) is 1. The van der Waals surface area contributed by atoms with E-state index in [9.17, 15) is 33.9 Å². The van der Waals surface area contributed by atoms with Crippen molar-refractivity contribution in [3.63, 3.8) is 0 Å². The van der Waals surface area contributed by atoms with Crippen molar-refractivity contribution in [1.82, 2.24) is 19.4 Å². The maximum atomic E-state index is 13.6. The zero-order valence-corrected chi connectivity index (χ0v) is 34.1. The topological polar surface area (TPSA) is 194 Å². The number of benzene rings is 3. The molecule has 61 heavy (non-hydrogen) atoms. The largest absolute Gasteiger partial charge is 0.497 e. The van der Waals surface area contributed by atoms with Crippen molar-refractivity contribution in [3.8, 4) is 22.9 Å². The Balaban J connectivity index is 0.841. The van der Waals surface area contributed by atoms with Gasteiger partial charge in [0, 0.05) is 38.2 Å². The Hall–Kier alpha value is -6.84. The van der Waals surface area contributed by atoms with E-state index in [4.69, 9.17) is 35.5 Å². The third-order valence-corrected chi connectivity index (χ3v) is 11.4. The van der Waals surface area contributed by atoms with E-state index in [1.807, 2.05) is 6.07 Å². The van der Waals surface area contributed by atoms with E-state index in [1.54, 1.807) is 85.1 Å². The number of methoxy groups -OCH3 is 1. The number of fused-ring (bicyclic) bond motifs is 6. The summed E-state index contributed by atoms with van der Waals surface area (Å²) in [5.41, 5.74) is 2.73. The van der Waals surface area contributed by atoms with Gasteiger partial charge in [-0.25, -0.2) is 9.78 Å². The zero-order valence-electron chi connectivity index (χ0n) is 33.3. The first kappa shape index (κ1) is 40.9. The molecule has 0 fully saturated rings. The van der Waals surface area contributed by atoms with E-state index in [0.717, 1.165) is 5.56 Å². The highest BCUT2D eigenvalue weighted by Gasteiger charge is 2.45. The summed E-state index contributed by atoms with van der Waals surface area (Å²) in [6, 6.07) is 20.2. The molecular weight excluding hydrogens is 808 g/mol. The molecule has 2 aliphatic rings. The molecule has 16 heteroatoms. The van der Waals surface area contributed by atoms with Crippen molar-refractivity contribution in [2.24, 2.45) is 0 Å². The molecule has 0 spiro atoms. The highest BCUT2D eigenvalue weighted by atomic mass is 35.5. The molecule has 6 aromatic rings. The molecule has 312 valence electrons. The SMILES string of the molecule is CCC1(O)C(=O)OCc2c1cc1n(c2=O)Cc2cc3cc(OC(=O)CCC(=O)OCCNC(=O)Cc4c(C)n(C(=O)c5ccc(Cl)cc5)c5ccc(OC)cc45)ccc3nc2-1. The Morgan fingerprint density at radius 3 is 2.48 bits per heavy atom. The summed E-state index contributed by atoms with van der Waals surface area (Å²) in [6.45, 7) is 3.28. The molecule has 3 aromatic carbocycles. The summed E-state index contributed by atoms with van der Waals surface area (Å²) >= 11 is 6.03. The molecule has 0 saturated carbocycles. The van der Waals surface area contributed by atoms with Crippen LogP contribution >= 0.6 is 11.6 Å². The van der Waals surface area contributed by atoms with Gasteiger partial charge in [0.2, 0.25) is 5.91 Å². The number of halogens is 1. The maximum absolute atomic E-state index is 13.6. The van der Waals surface area contributed by atoms with Crippen molar-refractivity contribution in [3.05, 3.63) is 122 Å². The average Bonchev–Trinajstić information content (AvgIpc) is 3.75. The van der Waals surface area contributed by atoms with Crippen LogP contribution in [0.3, 0.4) is 0 Å². The second kappa shape index (κ2) is 16.3. The number of aliphatic hydroxyl groups is 1. The molecule has 1 unspecified atom stereocenters. The Morgan fingerprint density at radius 2 is 1.72 bits per heavy atom. The molecule has 0 saturated heterocycles. The minimum Gasteiger partial charge on any atom is -0.497 e. The molecule has 3 aromatic heterocycles. The van der Waals surface area contributed by atoms with E-state index in [0.29, 0.717) is 60.8 Å². The molecule has 0 bridgehead atoms. The number of pyridine rings is 2. The van der Waals surface area contributed by atoms with Gasteiger partial charge >= 0.3 is 17.9 Å². The smallest absolute Gasteiger partial charge is 0.343 e. The summed E-state index contributed by atoms with van der Waals surface area (Å²) < 4.78 is 24.4. The predicted octanol–water partition coefficient (Wildman–Crippen LogP) is 5.28. The highest BCUT2D eigenvalue weighted by molar-refractivity contribution is 6.30. The zero-order chi connectivity index (χ0) is 43.2. The van der Waals surface area contributed by atoms with Gasteiger partial charge in [-0.2, -0.15) is 0 Å². The van der Waals surface area contributed by atoms with E-state index < -0.39 is 23.5 Å². The number of carbonyl (C=O) groups excluding carboxylic acids is 5. The van der Waals surface area contributed by atoms with Gasteiger partial charge in [0.1, 0.15) is 24.7 Å². The lowest BCUT2D eigenvalue weighted by Crippen LogP contribution is -2.44. The first-order valence-corrected chi connectivity index (χ1v) is 19.9. The maximum Gasteiger partial charge on any atom is 0.343 e. The molecule has 15 nitrogen and oxygen atoms in total. The number of hydrogen-bond donors (Lipinski definition) is 2. The number of amides is 1. The van der Waals surface area contributed by atoms with Crippen molar-refractivity contribution < 1.29 is 48.0 Å². The van der Waals surface area contributed by atoms with Crippen molar-refractivity contribution in [1.29, 1.82) is 0 Å². The van der Waals surface area contributed by atoms with Crippen LogP contribution in [0.25, 0.3) is 33.2 Å². The number of nitrogens with zero attached hydrogens (tertiary/aromatic N) is 3. The van der Waals surface area contributed by atoms with Gasteiger partial charge in [-0.3, -0.25) is 28.5 Å². The molecule has 0 aliphatic carbocycles. The van der Waals surface area contributed by atoms with Crippen LogP contribution in [0.15, 0.2) is 77.6 Å². The lowest BCUT2D eigenvalue weighted by Gasteiger charge is -2.31. The summed E-state index contributed by atoms with van der Waals surface area (Å²) in [7, 11) is 1.53. The van der Waals surface area contributed by atoms with Crippen LogP contribution in [0.4, 0.5) is 0 Å². The van der Waals surface area contributed by atoms with E-state index >= 15 is 0 Å². The van der Waals surface area contributed by atoms with Crippen LogP contribution in [0.5, 0.6) is 11.5 Å². The van der Waals surface area contributed by atoms with Gasteiger partial charge in [-0.1, -0.05) is 18.5 Å². The molecule has 8 rings (SSSR count). The van der Waals surface area contributed by atoms with Crippen molar-refractivity contribution >= 4 is 63.1 Å². The second-order valence-electron chi connectivity index (χ2n) is 14.8. The standard InChI is InChI=1S/C45H39ClN4O11/c1-4-45(57)34-21-37-41-27(22-49(37)43(55)33(34)23-60-44(45)56)17-26-18-30(9-11-35(26)48-41)61-40(53)14-13-39(52)59-16-15-47-38(51)20-31-24(2)50(36-12-10-29(58-3)19-32(31)36)42(54)25-5-7-28(46)8-6-25/h5-12,17-19,21,57H,4,13-16,20,22-23H2,1-3H3,(H,47,51). The van der Waals surface area contributed by atoms with Crippen LogP contribution in [-0.4, -0.2) is 69.2 Å². The third-order valence-electron chi connectivity index (χ3n) is 11.1. The summed E-state index contributed by atoms with van der Waals surface area (Å²) in [5.74, 6) is -1.95. The fourth-order valence-corrected chi connectivity index (χ4v) is 7.99. The summed E-state index contributed by atoms with van der Waals surface area (Å²) in [5, 5.41) is 15.7. The number of aromatic nitrogens is 3. The van der Waals surface area contributed by atoms with Crippen LogP contribution in [0.2, 0.25) is 5.02 Å². The minimum atomic E-state index is -1.93. The third kappa shape index (κ3) is 7.62. The van der Waals surface area contributed by atoms with Crippen molar-refractivity contribution in [2.45, 2.75) is 58.3 Å². The Morgan fingerprint density at radius 1 is 0.967 bits per heavy atom. The molecule has 2 aliphatic heterocycles. The van der Waals surface area contributed by atoms with Crippen molar-refractivity contribution in [2.75, 3.05) is 20.3 Å². The minimum absolute atomic E-state index is 0.0195. The normalized spacial score (nSPS) is 15.1. The summed E-state index contributed by atoms with van der Waals surface area (Å²) in [4.78, 5) is 82.5. The van der Waals surface area contributed by atoms with Gasteiger partial charge in [0.15, 0.2) is 5.60 Å². The number of carbonyl (C=O) groups is 5. The molecule has 1 atom stereocenters. The molecular formula is C45H39ClN4O11. The highest BCUT2D eigenvalue weighted by Crippen LogP contribution is 2.39. The number of esters is 3. The monoisotopic (exact) mass is 846 g/mol. The lowest BCUT2D eigenvalue weighted by molar-refractivity contribution is -0.172. The van der Waals surface area contributed by atoms with Gasteiger partial charge in [0.25, 0.3) is 11.5 Å². The van der Waals surface area contributed by atoms with Crippen LogP contribution in [0, 0.1) is 6.92 Å². The van der Waals surface area contributed by atoms with Gasteiger partial charge in [-0.15, -0.1) is 0 Å². The lowest BCUT2D eigenvalue weighted by atomic mass is 9.86.